The maximum atomic E-state index is 11.5. The maximum absolute atomic E-state index is 11.5. The number of ketones is 1. The lowest BCUT2D eigenvalue weighted by Gasteiger charge is -2.19. The van der Waals surface area contributed by atoms with E-state index >= 15 is 0 Å². The zero-order chi connectivity index (χ0) is 10.5. The van der Waals surface area contributed by atoms with Gasteiger partial charge in [-0.3, -0.25) is 4.79 Å². The van der Waals surface area contributed by atoms with Gasteiger partial charge in [-0.2, -0.15) is 0 Å². The molecule has 0 aromatic heterocycles. The Bertz CT molecular complexity index is 158. The highest BCUT2D eigenvalue weighted by Crippen LogP contribution is 2.20. The van der Waals surface area contributed by atoms with Crippen molar-refractivity contribution < 1.29 is 4.79 Å². The van der Waals surface area contributed by atoms with Gasteiger partial charge in [-0.25, -0.2) is 0 Å². The topological polar surface area (TPSA) is 43.1 Å². The minimum absolute atomic E-state index is 0.0704. The van der Waals surface area contributed by atoms with Gasteiger partial charge in [-0.15, -0.1) is 0 Å². The molecule has 0 spiro atoms. The van der Waals surface area contributed by atoms with Crippen LogP contribution in [0.3, 0.4) is 0 Å². The second-order valence-electron chi connectivity index (χ2n) is 4.95. The quantitative estimate of drug-likeness (QED) is 0.715. The van der Waals surface area contributed by atoms with E-state index < -0.39 is 0 Å². The molecule has 0 radical (unpaired) electrons. The molecule has 2 heteroatoms. The van der Waals surface area contributed by atoms with Crippen LogP contribution in [0.2, 0.25) is 0 Å². The van der Waals surface area contributed by atoms with Gasteiger partial charge in [0.05, 0.1) is 6.04 Å². The van der Waals surface area contributed by atoms with Crippen molar-refractivity contribution in [1.29, 1.82) is 0 Å². The van der Waals surface area contributed by atoms with Crippen molar-refractivity contribution in [2.24, 2.45) is 11.1 Å². The summed E-state index contributed by atoms with van der Waals surface area (Å²) in [5.41, 5.74) is 5.83. The minimum atomic E-state index is -0.237. The Balaban J connectivity index is 3.83. The maximum Gasteiger partial charge on any atom is 0.150 e. The molecule has 2 nitrogen and oxygen atoms in total. The summed E-state index contributed by atoms with van der Waals surface area (Å²) in [6.45, 7) is 8.31. The van der Waals surface area contributed by atoms with Crippen molar-refractivity contribution in [3.8, 4) is 0 Å². The van der Waals surface area contributed by atoms with E-state index in [1.165, 1.54) is 0 Å². The number of hydrogen-bond acceptors (Lipinski definition) is 2. The zero-order valence-corrected chi connectivity index (χ0v) is 9.39. The van der Waals surface area contributed by atoms with Crippen LogP contribution in [0.1, 0.15) is 53.4 Å². The summed E-state index contributed by atoms with van der Waals surface area (Å²) in [6, 6.07) is -0.237. The molecule has 0 aromatic rings. The van der Waals surface area contributed by atoms with E-state index in [1.807, 2.05) is 0 Å². The van der Waals surface area contributed by atoms with E-state index in [1.54, 1.807) is 0 Å². The molecule has 78 valence electrons. The average Bonchev–Trinajstić information content (AvgIpc) is 1.96. The van der Waals surface area contributed by atoms with Crippen molar-refractivity contribution in [1.82, 2.24) is 0 Å². The monoisotopic (exact) mass is 185 g/mol. The summed E-state index contributed by atoms with van der Waals surface area (Å²) < 4.78 is 0. The lowest BCUT2D eigenvalue weighted by atomic mass is 9.87. The summed E-state index contributed by atoms with van der Waals surface area (Å²) in [7, 11) is 0. The normalized spacial score (nSPS) is 14.2. The standard InChI is InChI=1S/C11H23NO/c1-5-6-7-9(12)10(13)8-11(2,3)4/h9H,5-8,12H2,1-4H3. The highest BCUT2D eigenvalue weighted by molar-refractivity contribution is 5.84. The van der Waals surface area contributed by atoms with Gasteiger partial charge in [-0.1, -0.05) is 40.5 Å². The first-order valence-corrected chi connectivity index (χ1v) is 5.15. The second kappa shape index (κ2) is 5.38. The third-order valence-corrected chi connectivity index (χ3v) is 1.99. The Hall–Kier alpha value is -0.370. The van der Waals surface area contributed by atoms with Crippen molar-refractivity contribution in [2.75, 3.05) is 0 Å². The van der Waals surface area contributed by atoms with Crippen LogP contribution in [0.15, 0.2) is 0 Å². The molecule has 2 N–H and O–H groups in total. The molecule has 1 unspecified atom stereocenters. The van der Waals surface area contributed by atoms with Gasteiger partial charge in [0.2, 0.25) is 0 Å². The van der Waals surface area contributed by atoms with E-state index in [4.69, 9.17) is 5.73 Å². The highest BCUT2D eigenvalue weighted by Gasteiger charge is 2.20. The Morgan fingerprint density at radius 1 is 1.38 bits per heavy atom. The molecular weight excluding hydrogens is 162 g/mol. The van der Waals surface area contributed by atoms with E-state index in [0.717, 1.165) is 19.3 Å². The fourth-order valence-electron chi connectivity index (χ4n) is 1.24. The molecule has 0 aliphatic heterocycles. The Morgan fingerprint density at radius 3 is 2.31 bits per heavy atom. The lowest BCUT2D eigenvalue weighted by Crippen LogP contribution is -2.32. The molecule has 13 heavy (non-hydrogen) atoms. The fourth-order valence-corrected chi connectivity index (χ4v) is 1.24. The van der Waals surface area contributed by atoms with Crippen molar-refractivity contribution in [3.63, 3.8) is 0 Å². The second-order valence-corrected chi connectivity index (χ2v) is 4.95. The first-order valence-electron chi connectivity index (χ1n) is 5.15. The van der Waals surface area contributed by atoms with Crippen LogP contribution < -0.4 is 5.73 Å². The number of nitrogens with two attached hydrogens (primary N) is 1. The smallest absolute Gasteiger partial charge is 0.150 e. The van der Waals surface area contributed by atoms with Crippen LogP contribution in [0.5, 0.6) is 0 Å². The third kappa shape index (κ3) is 6.76. The van der Waals surface area contributed by atoms with Crippen molar-refractivity contribution in [2.45, 2.75) is 59.4 Å². The summed E-state index contributed by atoms with van der Waals surface area (Å²) in [4.78, 5) is 11.5. The van der Waals surface area contributed by atoms with E-state index in [-0.39, 0.29) is 17.2 Å². The number of hydrogen-bond donors (Lipinski definition) is 1. The molecule has 0 rings (SSSR count). The molecule has 0 heterocycles. The van der Waals surface area contributed by atoms with Crippen LogP contribution >= 0.6 is 0 Å². The van der Waals surface area contributed by atoms with Crippen LogP contribution in [0, 0.1) is 5.41 Å². The number of carbonyl (C=O) groups excluding carboxylic acids is 1. The number of Topliss-reactive ketones (excluding diaryl/α,β-unsaturated/α-hetero) is 1. The van der Waals surface area contributed by atoms with E-state index in [0.29, 0.717) is 6.42 Å². The molecular formula is C11H23NO. The SMILES string of the molecule is CCCCC(N)C(=O)CC(C)(C)C. The van der Waals surface area contributed by atoms with Gasteiger partial charge < -0.3 is 5.73 Å². The van der Waals surface area contributed by atoms with Crippen molar-refractivity contribution in [3.05, 3.63) is 0 Å². The largest absolute Gasteiger partial charge is 0.322 e. The molecule has 0 saturated carbocycles. The first-order chi connectivity index (χ1) is 5.87. The molecule has 0 aromatic carbocycles. The summed E-state index contributed by atoms with van der Waals surface area (Å²) >= 11 is 0. The Morgan fingerprint density at radius 2 is 1.92 bits per heavy atom. The van der Waals surface area contributed by atoms with Gasteiger partial charge in [-0.05, 0) is 11.8 Å². The number of unbranched alkanes of at least 4 members (excludes halogenated alkanes) is 1. The van der Waals surface area contributed by atoms with Crippen LogP contribution in [0.25, 0.3) is 0 Å². The van der Waals surface area contributed by atoms with Crippen LogP contribution in [0.4, 0.5) is 0 Å². The molecule has 0 bridgehead atoms. The molecule has 0 saturated heterocycles. The summed E-state index contributed by atoms with van der Waals surface area (Å²) in [5.74, 6) is 0.209. The lowest BCUT2D eigenvalue weighted by molar-refractivity contribution is -0.122. The molecule has 0 amide bonds. The fraction of sp³-hybridized carbons (Fsp3) is 0.909. The number of carbonyl (C=O) groups is 1. The summed E-state index contributed by atoms with van der Waals surface area (Å²) in [5, 5.41) is 0. The Labute approximate surface area is 81.9 Å². The van der Waals surface area contributed by atoms with Gasteiger partial charge in [0.1, 0.15) is 5.78 Å². The van der Waals surface area contributed by atoms with Gasteiger partial charge in [0.15, 0.2) is 0 Å². The summed E-state index contributed by atoms with van der Waals surface area (Å²) in [6.07, 6.45) is 3.59. The predicted molar refractivity (Wildman–Crippen MR) is 56.6 cm³/mol. The van der Waals surface area contributed by atoms with Crippen LogP contribution in [-0.4, -0.2) is 11.8 Å². The molecule has 0 fully saturated rings. The molecule has 1 atom stereocenters. The first kappa shape index (κ1) is 12.6. The van der Waals surface area contributed by atoms with Gasteiger partial charge >= 0.3 is 0 Å². The molecule has 0 aliphatic carbocycles. The van der Waals surface area contributed by atoms with Crippen molar-refractivity contribution >= 4 is 5.78 Å². The molecule has 0 aliphatic rings. The average molecular weight is 185 g/mol. The van der Waals surface area contributed by atoms with Gasteiger partial charge in [0, 0.05) is 6.42 Å². The Kier molecular flexibility index (Phi) is 5.23. The van der Waals surface area contributed by atoms with E-state index in [2.05, 4.69) is 27.7 Å². The minimum Gasteiger partial charge on any atom is -0.322 e. The predicted octanol–water partition coefficient (Wildman–Crippen LogP) is 2.51. The van der Waals surface area contributed by atoms with Crippen LogP contribution in [-0.2, 0) is 4.79 Å². The third-order valence-electron chi connectivity index (χ3n) is 1.99. The number of rotatable bonds is 5. The highest BCUT2D eigenvalue weighted by atomic mass is 16.1. The zero-order valence-electron chi connectivity index (χ0n) is 9.39. The van der Waals surface area contributed by atoms with E-state index in [9.17, 15) is 4.79 Å². The van der Waals surface area contributed by atoms with Gasteiger partial charge in [0.25, 0.3) is 0 Å².